The lowest BCUT2D eigenvalue weighted by Crippen LogP contribution is -2.36. The monoisotopic (exact) mass is 473 g/mol. The number of fused-ring (bicyclic) bond motifs is 1. The van der Waals surface area contributed by atoms with Crippen molar-refractivity contribution < 1.29 is 28.9 Å². The number of rotatable bonds is 6. The zero-order chi connectivity index (χ0) is 24.5. The molecule has 3 aromatic rings. The van der Waals surface area contributed by atoms with E-state index in [2.05, 4.69) is 0 Å². The van der Waals surface area contributed by atoms with Gasteiger partial charge in [0.1, 0.15) is 5.76 Å². The Morgan fingerprint density at radius 1 is 1.03 bits per heavy atom. The van der Waals surface area contributed by atoms with E-state index in [-0.39, 0.29) is 24.0 Å². The van der Waals surface area contributed by atoms with Crippen LogP contribution < -0.4 is 9.47 Å². The smallest absolute Gasteiger partial charge is 0.295 e. The molecule has 2 atom stereocenters. The number of hydrogen-bond acceptors (Lipinski definition) is 6. The number of carbonyl (C=O) groups is 2. The highest BCUT2D eigenvalue weighted by atomic mass is 16.5. The van der Waals surface area contributed by atoms with Gasteiger partial charge in [-0.2, -0.15) is 0 Å². The van der Waals surface area contributed by atoms with E-state index < -0.39 is 17.7 Å². The normalized spacial score (nSPS) is 21.6. The van der Waals surface area contributed by atoms with Gasteiger partial charge in [-0.15, -0.1) is 0 Å². The van der Waals surface area contributed by atoms with Crippen molar-refractivity contribution in [3.8, 4) is 11.5 Å². The molecule has 2 aliphatic heterocycles. The molecule has 0 radical (unpaired) electrons. The van der Waals surface area contributed by atoms with E-state index in [1.165, 1.54) is 14.2 Å². The van der Waals surface area contributed by atoms with Gasteiger partial charge in [-0.25, -0.2) is 0 Å². The van der Waals surface area contributed by atoms with Crippen LogP contribution in [0.5, 0.6) is 11.5 Å². The van der Waals surface area contributed by atoms with E-state index in [4.69, 9.17) is 14.2 Å². The lowest BCUT2D eigenvalue weighted by atomic mass is 9.91. The summed E-state index contributed by atoms with van der Waals surface area (Å²) in [5.74, 6) is -0.703. The Bertz CT molecular complexity index is 1320. The molecule has 3 aromatic carbocycles. The van der Waals surface area contributed by atoms with Crippen LogP contribution in [0.2, 0.25) is 0 Å². The highest BCUT2D eigenvalue weighted by Crippen LogP contribution is 2.43. The fourth-order valence-electron chi connectivity index (χ4n) is 5.03. The summed E-state index contributed by atoms with van der Waals surface area (Å²) in [4.78, 5) is 28.3. The van der Waals surface area contributed by atoms with Crippen LogP contribution >= 0.6 is 0 Å². The van der Waals surface area contributed by atoms with Gasteiger partial charge in [0.05, 0.1) is 31.9 Å². The first kappa shape index (κ1) is 22.9. The number of likely N-dealkylation sites (tertiary alicyclic amines) is 1. The lowest BCUT2D eigenvalue weighted by Gasteiger charge is -2.28. The molecular formula is C28H27NO6. The number of hydrogen-bond donors (Lipinski definition) is 1. The third kappa shape index (κ3) is 4.02. The molecule has 180 valence electrons. The summed E-state index contributed by atoms with van der Waals surface area (Å²) in [6, 6.07) is 17.8. The largest absolute Gasteiger partial charge is 0.507 e. The second-order valence-corrected chi connectivity index (χ2v) is 8.72. The minimum Gasteiger partial charge on any atom is -0.507 e. The molecular weight excluding hydrogens is 446 g/mol. The van der Waals surface area contributed by atoms with Gasteiger partial charge in [0, 0.05) is 18.7 Å². The van der Waals surface area contributed by atoms with Crippen LogP contribution in [0.1, 0.15) is 30.0 Å². The van der Waals surface area contributed by atoms with Gasteiger partial charge in [0.25, 0.3) is 11.7 Å². The molecule has 0 spiro atoms. The second-order valence-electron chi connectivity index (χ2n) is 8.72. The fraction of sp³-hybridized carbons (Fsp3) is 0.286. The van der Waals surface area contributed by atoms with Gasteiger partial charge in [0.15, 0.2) is 11.5 Å². The molecule has 2 saturated heterocycles. The predicted octanol–water partition coefficient (Wildman–Crippen LogP) is 4.46. The molecule has 1 N–H and O–H groups in total. The van der Waals surface area contributed by atoms with Crippen molar-refractivity contribution in [3.05, 3.63) is 77.4 Å². The molecule has 7 heteroatoms. The van der Waals surface area contributed by atoms with Crippen molar-refractivity contribution in [2.75, 3.05) is 27.4 Å². The van der Waals surface area contributed by atoms with Crippen molar-refractivity contribution >= 4 is 28.2 Å². The fourth-order valence-corrected chi connectivity index (χ4v) is 5.03. The second kappa shape index (κ2) is 9.43. The van der Waals surface area contributed by atoms with E-state index in [1.54, 1.807) is 23.1 Å². The topological polar surface area (TPSA) is 85.3 Å². The Kier molecular flexibility index (Phi) is 6.17. The Hall–Kier alpha value is -3.84. The number of carbonyl (C=O) groups excluding carboxylic acids is 2. The van der Waals surface area contributed by atoms with Crippen LogP contribution in [0.25, 0.3) is 16.5 Å². The number of aliphatic hydroxyl groups excluding tert-OH is 1. The van der Waals surface area contributed by atoms with E-state index in [1.807, 2.05) is 42.5 Å². The zero-order valence-corrected chi connectivity index (χ0v) is 19.7. The van der Waals surface area contributed by atoms with E-state index in [9.17, 15) is 14.7 Å². The standard InChI is InChI=1S/C28H27NO6/c1-33-22-13-12-18(15-23(22)34-2)26(30)24-25(21-11-5-8-17-7-3-4-10-20(17)21)29(28(32)27(24)31)16-19-9-6-14-35-19/h3-5,7-8,10-13,15,19,25,30H,6,9,14,16H2,1-2H3/b26-24-. The SMILES string of the molecule is COc1ccc(/C(O)=C2/C(=O)C(=O)N(CC3CCCO3)C2c2cccc3ccccc23)cc1OC. The number of aliphatic hydroxyl groups is 1. The van der Waals surface area contributed by atoms with Gasteiger partial charge in [-0.05, 0) is 47.4 Å². The first-order chi connectivity index (χ1) is 17.0. The predicted molar refractivity (Wildman–Crippen MR) is 131 cm³/mol. The van der Waals surface area contributed by atoms with Crippen LogP contribution in [0.15, 0.2) is 66.2 Å². The Morgan fingerprint density at radius 3 is 2.54 bits per heavy atom. The molecule has 2 aliphatic rings. The number of Topliss-reactive ketones (excluding diaryl/α,β-unsaturated/α-hetero) is 1. The van der Waals surface area contributed by atoms with Gasteiger partial charge in [0.2, 0.25) is 0 Å². The molecule has 35 heavy (non-hydrogen) atoms. The molecule has 2 heterocycles. The molecule has 0 aromatic heterocycles. The Labute approximate surface area is 203 Å². The van der Waals surface area contributed by atoms with Crippen LogP contribution in [-0.2, 0) is 14.3 Å². The minimum atomic E-state index is -0.751. The Morgan fingerprint density at radius 2 is 1.80 bits per heavy atom. The summed E-state index contributed by atoms with van der Waals surface area (Å²) in [5, 5.41) is 13.3. The quantitative estimate of drug-likeness (QED) is 0.323. The molecule has 0 bridgehead atoms. The summed E-state index contributed by atoms with van der Waals surface area (Å²) >= 11 is 0. The van der Waals surface area contributed by atoms with Crippen molar-refractivity contribution in [3.63, 3.8) is 0 Å². The Balaban J connectivity index is 1.70. The average molecular weight is 474 g/mol. The number of ether oxygens (including phenoxy) is 3. The molecule has 0 saturated carbocycles. The van der Waals surface area contributed by atoms with Crippen LogP contribution in [0, 0.1) is 0 Å². The highest BCUT2D eigenvalue weighted by molar-refractivity contribution is 6.46. The van der Waals surface area contributed by atoms with Crippen LogP contribution in [-0.4, -0.2) is 55.2 Å². The highest BCUT2D eigenvalue weighted by Gasteiger charge is 2.47. The molecule has 5 rings (SSSR count). The van der Waals surface area contributed by atoms with Crippen molar-refractivity contribution in [1.82, 2.24) is 4.90 Å². The summed E-state index contributed by atoms with van der Waals surface area (Å²) in [6.45, 7) is 0.917. The van der Waals surface area contributed by atoms with Crippen molar-refractivity contribution in [1.29, 1.82) is 0 Å². The van der Waals surface area contributed by atoms with Crippen LogP contribution in [0.3, 0.4) is 0 Å². The number of nitrogens with zero attached hydrogens (tertiary/aromatic N) is 1. The number of ketones is 1. The van der Waals surface area contributed by atoms with E-state index in [0.29, 0.717) is 23.7 Å². The maximum atomic E-state index is 13.4. The summed E-state index contributed by atoms with van der Waals surface area (Å²) < 4.78 is 16.5. The number of amides is 1. The zero-order valence-electron chi connectivity index (χ0n) is 19.7. The van der Waals surface area contributed by atoms with Gasteiger partial charge >= 0.3 is 0 Å². The van der Waals surface area contributed by atoms with Gasteiger partial charge < -0.3 is 24.2 Å². The van der Waals surface area contributed by atoms with E-state index in [0.717, 1.165) is 29.2 Å². The third-order valence-electron chi connectivity index (χ3n) is 6.74. The molecule has 0 aliphatic carbocycles. The third-order valence-corrected chi connectivity index (χ3v) is 6.74. The molecule has 2 fully saturated rings. The average Bonchev–Trinajstić information content (AvgIpc) is 3.50. The van der Waals surface area contributed by atoms with Crippen molar-refractivity contribution in [2.24, 2.45) is 0 Å². The van der Waals surface area contributed by atoms with E-state index >= 15 is 0 Å². The first-order valence-corrected chi connectivity index (χ1v) is 11.6. The van der Waals surface area contributed by atoms with Gasteiger partial charge in [-0.3, -0.25) is 9.59 Å². The number of methoxy groups -OCH3 is 2. The maximum absolute atomic E-state index is 13.4. The van der Waals surface area contributed by atoms with Crippen LogP contribution in [0.4, 0.5) is 0 Å². The minimum absolute atomic E-state index is 0.0524. The summed E-state index contributed by atoms with van der Waals surface area (Å²) in [7, 11) is 3.02. The summed E-state index contributed by atoms with van der Waals surface area (Å²) in [5.41, 5.74) is 1.20. The maximum Gasteiger partial charge on any atom is 0.295 e. The lowest BCUT2D eigenvalue weighted by molar-refractivity contribution is -0.140. The van der Waals surface area contributed by atoms with Crippen molar-refractivity contribution in [2.45, 2.75) is 25.0 Å². The molecule has 1 amide bonds. The molecule has 2 unspecified atom stereocenters. The molecule has 7 nitrogen and oxygen atoms in total. The first-order valence-electron chi connectivity index (χ1n) is 11.6. The summed E-state index contributed by atoms with van der Waals surface area (Å²) in [6.07, 6.45) is 1.59. The van der Waals surface area contributed by atoms with Gasteiger partial charge in [-0.1, -0.05) is 42.5 Å². The number of benzene rings is 3.